The summed E-state index contributed by atoms with van der Waals surface area (Å²) in [5, 5.41) is 3.43. The average molecular weight is 373 g/mol. The summed E-state index contributed by atoms with van der Waals surface area (Å²) in [6.07, 6.45) is 3.61. The number of methoxy groups -OCH3 is 1. The number of anilines is 1. The number of fused-ring (bicyclic) bond motifs is 2. The molecule has 0 unspecified atom stereocenters. The van der Waals surface area contributed by atoms with Crippen molar-refractivity contribution in [3.63, 3.8) is 0 Å². The molecule has 136 valence electrons. The molecule has 7 heteroatoms. The summed E-state index contributed by atoms with van der Waals surface area (Å²) in [5.74, 6) is 0.519. The number of benzene rings is 1. The van der Waals surface area contributed by atoms with Gasteiger partial charge in [0.05, 0.1) is 25.9 Å². The van der Waals surface area contributed by atoms with Crippen LogP contribution in [0.25, 0.3) is 0 Å². The van der Waals surface area contributed by atoms with Crippen LogP contribution < -0.4 is 14.8 Å². The first kappa shape index (κ1) is 16.9. The average Bonchev–Trinajstić information content (AvgIpc) is 3.13. The molecule has 26 heavy (non-hydrogen) atoms. The maximum Gasteiger partial charge on any atom is 0.341 e. The van der Waals surface area contributed by atoms with E-state index in [4.69, 9.17) is 14.2 Å². The molecule has 2 heterocycles. The van der Waals surface area contributed by atoms with E-state index in [0.29, 0.717) is 40.8 Å². The lowest BCUT2D eigenvalue weighted by atomic mass is 10.1. The van der Waals surface area contributed by atoms with Crippen molar-refractivity contribution in [2.45, 2.75) is 25.7 Å². The van der Waals surface area contributed by atoms with Crippen molar-refractivity contribution in [2.75, 3.05) is 25.6 Å². The first-order chi connectivity index (χ1) is 12.7. The second kappa shape index (κ2) is 6.99. The van der Waals surface area contributed by atoms with Gasteiger partial charge in [0, 0.05) is 16.9 Å². The first-order valence-electron chi connectivity index (χ1n) is 8.61. The molecule has 0 atom stereocenters. The molecule has 4 rings (SSSR count). The number of esters is 1. The normalized spacial score (nSPS) is 15.1. The van der Waals surface area contributed by atoms with E-state index in [2.05, 4.69) is 5.32 Å². The van der Waals surface area contributed by atoms with Gasteiger partial charge < -0.3 is 19.5 Å². The van der Waals surface area contributed by atoms with Crippen molar-refractivity contribution in [2.24, 2.45) is 0 Å². The number of carbonyl (C=O) groups is 2. The van der Waals surface area contributed by atoms with Crippen LogP contribution in [-0.4, -0.2) is 32.2 Å². The molecule has 0 saturated heterocycles. The summed E-state index contributed by atoms with van der Waals surface area (Å²) < 4.78 is 16.2. The van der Waals surface area contributed by atoms with Crippen LogP contribution >= 0.6 is 11.3 Å². The maximum absolute atomic E-state index is 12.7. The highest BCUT2D eigenvalue weighted by Gasteiger charge is 2.28. The quantitative estimate of drug-likeness (QED) is 0.835. The molecule has 1 aromatic heterocycles. The lowest BCUT2D eigenvalue weighted by molar-refractivity contribution is 0.0601. The fraction of sp³-hybridized carbons (Fsp3) is 0.368. The standard InChI is InChI=1S/C19H19NO5S/c1-23-19(22)16-12-4-2-5-15(12)26-18(16)20-17(21)11-6-7-13-14(10-11)25-9-3-8-24-13/h6-7,10H,2-5,8-9H2,1H3,(H,20,21). The van der Waals surface area contributed by atoms with E-state index in [0.717, 1.165) is 36.1 Å². The number of rotatable bonds is 3. The van der Waals surface area contributed by atoms with Crippen LogP contribution in [0.4, 0.5) is 5.00 Å². The summed E-state index contributed by atoms with van der Waals surface area (Å²) in [7, 11) is 1.36. The third-order valence-corrected chi connectivity index (χ3v) is 5.75. The molecule has 2 aromatic rings. The molecular weight excluding hydrogens is 354 g/mol. The van der Waals surface area contributed by atoms with Crippen LogP contribution in [0, 0.1) is 0 Å². The van der Waals surface area contributed by atoms with E-state index >= 15 is 0 Å². The Morgan fingerprint density at radius 1 is 1.12 bits per heavy atom. The fourth-order valence-electron chi connectivity index (χ4n) is 3.29. The zero-order valence-corrected chi connectivity index (χ0v) is 15.2. The van der Waals surface area contributed by atoms with Gasteiger partial charge in [-0.15, -0.1) is 11.3 Å². The Hall–Kier alpha value is -2.54. The Morgan fingerprint density at radius 2 is 1.92 bits per heavy atom. The second-order valence-electron chi connectivity index (χ2n) is 6.22. The summed E-state index contributed by atoms with van der Waals surface area (Å²) in [6, 6.07) is 5.11. The van der Waals surface area contributed by atoms with Crippen molar-refractivity contribution in [3.8, 4) is 11.5 Å². The minimum atomic E-state index is -0.404. The van der Waals surface area contributed by atoms with E-state index in [-0.39, 0.29) is 5.91 Å². The maximum atomic E-state index is 12.7. The molecule has 0 bridgehead atoms. The highest BCUT2D eigenvalue weighted by atomic mass is 32.1. The Labute approximate surface area is 155 Å². The third-order valence-electron chi connectivity index (χ3n) is 4.55. The SMILES string of the molecule is COC(=O)c1c(NC(=O)c2ccc3c(c2)OCCCO3)sc2c1CCC2. The Kier molecular flexibility index (Phi) is 4.55. The van der Waals surface area contributed by atoms with Crippen LogP contribution in [-0.2, 0) is 17.6 Å². The van der Waals surface area contributed by atoms with Gasteiger partial charge in [0.2, 0.25) is 0 Å². The molecule has 0 spiro atoms. The Morgan fingerprint density at radius 3 is 2.73 bits per heavy atom. The monoisotopic (exact) mass is 373 g/mol. The minimum Gasteiger partial charge on any atom is -0.490 e. The number of amides is 1. The van der Waals surface area contributed by atoms with E-state index in [9.17, 15) is 9.59 Å². The minimum absolute atomic E-state index is 0.286. The van der Waals surface area contributed by atoms with E-state index < -0.39 is 5.97 Å². The molecule has 0 saturated carbocycles. The van der Waals surface area contributed by atoms with Crippen LogP contribution in [0.2, 0.25) is 0 Å². The number of hydrogen-bond acceptors (Lipinski definition) is 6. The van der Waals surface area contributed by atoms with Crippen molar-refractivity contribution >= 4 is 28.2 Å². The molecule has 6 nitrogen and oxygen atoms in total. The second-order valence-corrected chi connectivity index (χ2v) is 7.32. The van der Waals surface area contributed by atoms with Crippen molar-refractivity contribution < 1.29 is 23.8 Å². The van der Waals surface area contributed by atoms with Gasteiger partial charge >= 0.3 is 5.97 Å². The molecule has 1 aliphatic heterocycles. The fourth-order valence-corrected chi connectivity index (χ4v) is 4.56. The number of thiophene rings is 1. The van der Waals surface area contributed by atoms with Crippen LogP contribution in [0.15, 0.2) is 18.2 Å². The van der Waals surface area contributed by atoms with Gasteiger partial charge in [-0.05, 0) is 43.0 Å². The largest absolute Gasteiger partial charge is 0.490 e. The summed E-state index contributed by atoms with van der Waals surface area (Å²) in [6.45, 7) is 1.16. The highest BCUT2D eigenvalue weighted by Crippen LogP contribution is 2.40. The third kappa shape index (κ3) is 3.03. The lowest BCUT2D eigenvalue weighted by Crippen LogP contribution is -2.14. The van der Waals surface area contributed by atoms with Crippen LogP contribution in [0.1, 0.15) is 44.0 Å². The molecule has 1 aliphatic carbocycles. The molecule has 1 N–H and O–H groups in total. The van der Waals surface area contributed by atoms with Crippen molar-refractivity contribution in [3.05, 3.63) is 39.8 Å². The summed E-state index contributed by atoms with van der Waals surface area (Å²) in [4.78, 5) is 26.1. The van der Waals surface area contributed by atoms with Crippen LogP contribution in [0.5, 0.6) is 11.5 Å². The van der Waals surface area contributed by atoms with E-state index in [1.54, 1.807) is 18.2 Å². The van der Waals surface area contributed by atoms with E-state index in [1.165, 1.54) is 18.4 Å². The molecule has 1 aromatic carbocycles. The van der Waals surface area contributed by atoms with Gasteiger partial charge in [-0.2, -0.15) is 0 Å². The van der Waals surface area contributed by atoms with Gasteiger partial charge in [-0.3, -0.25) is 4.79 Å². The van der Waals surface area contributed by atoms with Crippen LogP contribution in [0.3, 0.4) is 0 Å². The molecule has 0 radical (unpaired) electrons. The molecule has 0 fully saturated rings. The summed E-state index contributed by atoms with van der Waals surface area (Å²) in [5.41, 5.74) is 1.96. The van der Waals surface area contributed by atoms with Gasteiger partial charge in [-0.25, -0.2) is 4.79 Å². The van der Waals surface area contributed by atoms with Crippen molar-refractivity contribution in [1.82, 2.24) is 0 Å². The first-order valence-corrected chi connectivity index (χ1v) is 9.43. The number of nitrogens with one attached hydrogen (secondary N) is 1. The number of ether oxygens (including phenoxy) is 3. The number of aryl methyl sites for hydroxylation is 1. The smallest absolute Gasteiger partial charge is 0.341 e. The Bertz CT molecular complexity index is 873. The predicted molar refractivity (Wildman–Crippen MR) is 97.7 cm³/mol. The molecule has 1 amide bonds. The Balaban J connectivity index is 1.61. The van der Waals surface area contributed by atoms with Crippen molar-refractivity contribution in [1.29, 1.82) is 0 Å². The van der Waals surface area contributed by atoms with Gasteiger partial charge in [0.15, 0.2) is 11.5 Å². The number of carbonyl (C=O) groups excluding carboxylic acids is 2. The predicted octanol–water partition coefficient (Wildman–Crippen LogP) is 3.44. The highest BCUT2D eigenvalue weighted by molar-refractivity contribution is 7.17. The summed E-state index contributed by atoms with van der Waals surface area (Å²) >= 11 is 1.46. The zero-order chi connectivity index (χ0) is 18.1. The number of hydrogen-bond donors (Lipinski definition) is 1. The van der Waals surface area contributed by atoms with Gasteiger partial charge in [-0.1, -0.05) is 0 Å². The molecular formula is C19H19NO5S. The van der Waals surface area contributed by atoms with Gasteiger partial charge in [0.25, 0.3) is 5.91 Å². The topological polar surface area (TPSA) is 73.9 Å². The van der Waals surface area contributed by atoms with E-state index in [1.807, 2.05) is 0 Å². The van der Waals surface area contributed by atoms with Gasteiger partial charge in [0.1, 0.15) is 5.00 Å². The zero-order valence-electron chi connectivity index (χ0n) is 14.4. The molecule has 2 aliphatic rings. The lowest BCUT2D eigenvalue weighted by Gasteiger charge is -2.10.